The maximum atomic E-state index is 11.9. The van der Waals surface area contributed by atoms with E-state index in [1.165, 1.54) is 0 Å². The molecule has 0 bridgehead atoms. The van der Waals surface area contributed by atoms with Crippen molar-refractivity contribution in [3.05, 3.63) is 56.7 Å². The van der Waals surface area contributed by atoms with Crippen LogP contribution in [0.15, 0.2) is 46.3 Å². The second kappa shape index (κ2) is 6.55. The lowest BCUT2D eigenvalue weighted by Crippen LogP contribution is -2.24. The first-order chi connectivity index (χ1) is 9.15. The fourth-order valence-electron chi connectivity index (χ4n) is 1.48. The van der Waals surface area contributed by atoms with Crippen molar-refractivity contribution >= 4 is 33.2 Å². The van der Waals surface area contributed by atoms with Crippen LogP contribution in [0.1, 0.15) is 10.4 Å². The lowest BCUT2D eigenvalue weighted by molar-refractivity contribution is -0.124. The molecule has 1 aromatic carbocycles. The van der Waals surface area contributed by atoms with E-state index in [1.807, 2.05) is 41.8 Å². The minimum Gasteiger partial charge on any atom is -0.330 e. The molecule has 0 saturated carbocycles. The summed E-state index contributed by atoms with van der Waals surface area (Å²) in [4.78, 5) is 14.6. The number of carbonyl (C=O) groups is 1. The first-order valence-electron chi connectivity index (χ1n) is 5.70. The Morgan fingerprint density at radius 1 is 1.37 bits per heavy atom. The van der Waals surface area contributed by atoms with Crippen molar-refractivity contribution in [2.45, 2.75) is 6.54 Å². The predicted molar refractivity (Wildman–Crippen MR) is 81.8 cm³/mol. The molecule has 2 aromatic rings. The van der Waals surface area contributed by atoms with Gasteiger partial charge in [0.2, 0.25) is 0 Å². The summed E-state index contributed by atoms with van der Waals surface area (Å²) in [6, 6.07) is 11.5. The predicted octanol–water partition coefficient (Wildman–Crippen LogP) is 3.52. The molecule has 0 aliphatic heterocycles. The van der Waals surface area contributed by atoms with Gasteiger partial charge in [-0.05, 0) is 34.1 Å². The fraction of sp³-hybridized carbons (Fsp3) is 0.133. The average molecular weight is 334 g/mol. The molecule has 0 radical (unpaired) electrons. The largest absolute Gasteiger partial charge is 0.330 e. The van der Waals surface area contributed by atoms with Crippen LogP contribution in [-0.4, -0.2) is 17.9 Å². The maximum absolute atomic E-state index is 11.9. The molecule has 0 spiro atoms. The highest BCUT2D eigenvalue weighted by molar-refractivity contribution is 9.10. The van der Waals surface area contributed by atoms with Gasteiger partial charge in [0.05, 0.1) is 6.54 Å². The standard InChI is InChI=1S/C15H12BrNOS/c1-17(10-14-9-13(16)11-19-14)15(18)8-7-12-5-3-2-4-6-12/h2-6,9,11H,10H2,1H3. The van der Waals surface area contributed by atoms with Gasteiger partial charge in [0.15, 0.2) is 0 Å². The molecule has 96 valence electrons. The topological polar surface area (TPSA) is 20.3 Å². The van der Waals surface area contributed by atoms with Crippen molar-refractivity contribution < 1.29 is 4.79 Å². The molecule has 0 unspecified atom stereocenters. The number of thiophene rings is 1. The average Bonchev–Trinajstić information content (AvgIpc) is 2.82. The highest BCUT2D eigenvalue weighted by Gasteiger charge is 2.07. The SMILES string of the molecule is CN(Cc1cc(Br)cs1)C(=O)C#Cc1ccccc1. The highest BCUT2D eigenvalue weighted by atomic mass is 79.9. The Labute approximate surface area is 125 Å². The van der Waals surface area contributed by atoms with Gasteiger partial charge in [0, 0.05) is 33.3 Å². The van der Waals surface area contributed by atoms with Gasteiger partial charge in [-0.2, -0.15) is 0 Å². The Hall–Kier alpha value is -1.57. The summed E-state index contributed by atoms with van der Waals surface area (Å²) < 4.78 is 1.05. The van der Waals surface area contributed by atoms with Gasteiger partial charge in [0.25, 0.3) is 5.91 Å². The van der Waals surface area contributed by atoms with Crippen molar-refractivity contribution in [1.82, 2.24) is 4.90 Å². The van der Waals surface area contributed by atoms with Crippen molar-refractivity contribution in [2.75, 3.05) is 7.05 Å². The summed E-state index contributed by atoms with van der Waals surface area (Å²) in [5.41, 5.74) is 0.850. The molecule has 19 heavy (non-hydrogen) atoms. The van der Waals surface area contributed by atoms with E-state index in [1.54, 1.807) is 23.3 Å². The van der Waals surface area contributed by atoms with Crippen molar-refractivity contribution in [2.24, 2.45) is 0 Å². The summed E-state index contributed by atoms with van der Waals surface area (Å²) in [6.45, 7) is 0.582. The Balaban J connectivity index is 1.98. The third-order valence-electron chi connectivity index (χ3n) is 2.45. The normalized spacial score (nSPS) is 9.58. The lowest BCUT2D eigenvalue weighted by atomic mass is 10.2. The van der Waals surface area contributed by atoms with Gasteiger partial charge < -0.3 is 4.90 Å². The minimum absolute atomic E-state index is 0.173. The number of carbonyl (C=O) groups excluding carboxylic acids is 1. The zero-order valence-electron chi connectivity index (χ0n) is 10.4. The van der Waals surface area contributed by atoms with Crippen LogP contribution >= 0.6 is 27.3 Å². The molecule has 0 atom stereocenters. The molecule has 1 heterocycles. The van der Waals surface area contributed by atoms with Crippen molar-refractivity contribution in [3.63, 3.8) is 0 Å². The van der Waals surface area contributed by atoms with Crippen LogP contribution in [0.2, 0.25) is 0 Å². The molecule has 0 fully saturated rings. The number of hydrogen-bond acceptors (Lipinski definition) is 2. The minimum atomic E-state index is -0.173. The Bertz CT molecular complexity index is 624. The zero-order valence-corrected chi connectivity index (χ0v) is 12.8. The first kappa shape index (κ1) is 13.9. The second-order valence-electron chi connectivity index (χ2n) is 4.01. The molecular formula is C15H12BrNOS. The summed E-state index contributed by atoms with van der Waals surface area (Å²) in [7, 11) is 1.76. The van der Waals surface area contributed by atoms with Crippen LogP contribution in [0.4, 0.5) is 0 Å². The smallest absolute Gasteiger partial charge is 0.298 e. The Kier molecular flexibility index (Phi) is 4.78. The zero-order chi connectivity index (χ0) is 13.7. The number of hydrogen-bond donors (Lipinski definition) is 0. The van der Waals surface area contributed by atoms with Gasteiger partial charge in [0.1, 0.15) is 0 Å². The van der Waals surface area contributed by atoms with Crippen LogP contribution in [0.5, 0.6) is 0 Å². The van der Waals surface area contributed by atoms with E-state index in [0.717, 1.165) is 14.9 Å². The van der Waals surface area contributed by atoms with E-state index in [9.17, 15) is 4.79 Å². The van der Waals surface area contributed by atoms with Crippen LogP contribution in [0.3, 0.4) is 0 Å². The third kappa shape index (κ3) is 4.23. The van der Waals surface area contributed by atoms with E-state index in [2.05, 4.69) is 27.8 Å². The first-order valence-corrected chi connectivity index (χ1v) is 7.37. The van der Waals surface area contributed by atoms with E-state index >= 15 is 0 Å². The van der Waals surface area contributed by atoms with E-state index < -0.39 is 0 Å². The Morgan fingerprint density at radius 2 is 2.11 bits per heavy atom. The molecule has 4 heteroatoms. The number of halogens is 1. The molecule has 1 amide bonds. The van der Waals surface area contributed by atoms with Crippen LogP contribution in [0.25, 0.3) is 0 Å². The molecule has 0 saturated heterocycles. The summed E-state index contributed by atoms with van der Waals surface area (Å²) in [6.07, 6.45) is 0. The number of nitrogens with zero attached hydrogens (tertiary/aromatic N) is 1. The molecule has 2 nitrogen and oxygen atoms in total. The Morgan fingerprint density at radius 3 is 2.74 bits per heavy atom. The quantitative estimate of drug-likeness (QED) is 0.770. The van der Waals surface area contributed by atoms with Gasteiger partial charge in [-0.1, -0.05) is 24.1 Å². The van der Waals surface area contributed by atoms with Crippen LogP contribution in [-0.2, 0) is 11.3 Å². The van der Waals surface area contributed by atoms with Gasteiger partial charge in [-0.25, -0.2) is 0 Å². The molecule has 0 aliphatic carbocycles. The molecule has 1 aromatic heterocycles. The summed E-state index contributed by atoms with van der Waals surface area (Å²) >= 11 is 5.02. The fourth-order valence-corrected chi connectivity index (χ4v) is 2.99. The van der Waals surface area contributed by atoms with Gasteiger partial charge >= 0.3 is 0 Å². The van der Waals surface area contributed by atoms with Gasteiger partial charge in [-0.3, -0.25) is 4.79 Å². The maximum Gasteiger partial charge on any atom is 0.298 e. The van der Waals surface area contributed by atoms with Crippen molar-refractivity contribution in [3.8, 4) is 11.8 Å². The number of amides is 1. The molecular weight excluding hydrogens is 322 g/mol. The highest BCUT2D eigenvalue weighted by Crippen LogP contribution is 2.20. The summed E-state index contributed by atoms with van der Waals surface area (Å²) in [5.74, 6) is 5.35. The second-order valence-corrected chi connectivity index (χ2v) is 5.92. The van der Waals surface area contributed by atoms with E-state index in [0.29, 0.717) is 6.54 Å². The van der Waals surface area contributed by atoms with Crippen LogP contribution < -0.4 is 0 Å². The van der Waals surface area contributed by atoms with E-state index in [4.69, 9.17) is 0 Å². The molecule has 0 N–H and O–H groups in total. The van der Waals surface area contributed by atoms with E-state index in [-0.39, 0.29) is 5.91 Å². The molecule has 2 rings (SSSR count). The van der Waals surface area contributed by atoms with Crippen LogP contribution in [0, 0.1) is 11.8 Å². The number of benzene rings is 1. The molecule has 0 aliphatic rings. The third-order valence-corrected chi connectivity index (χ3v) is 4.13. The van der Waals surface area contributed by atoms with Crippen molar-refractivity contribution in [1.29, 1.82) is 0 Å². The van der Waals surface area contributed by atoms with Gasteiger partial charge in [-0.15, -0.1) is 11.3 Å². The monoisotopic (exact) mass is 333 g/mol. The number of rotatable bonds is 2. The summed E-state index contributed by atoms with van der Waals surface area (Å²) in [5, 5.41) is 2.00. The lowest BCUT2D eigenvalue weighted by Gasteiger charge is -2.11.